The molecule has 2 aromatic carbocycles. The van der Waals surface area contributed by atoms with Crippen molar-refractivity contribution in [3.63, 3.8) is 0 Å². The fourth-order valence-corrected chi connectivity index (χ4v) is 4.05. The molecule has 1 aliphatic rings. The predicted molar refractivity (Wildman–Crippen MR) is 117 cm³/mol. The van der Waals surface area contributed by atoms with Crippen molar-refractivity contribution in [2.24, 2.45) is 5.73 Å². The van der Waals surface area contributed by atoms with E-state index < -0.39 is 12.1 Å². The van der Waals surface area contributed by atoms with Crippen LogP contribution in [0.2, 0.25) is 0 Å². The van der Waals surface area contributed by atoms with Gasteiger partial charge in [0.15, 0.2) is 0 Å². The summed E-state index contributed by atoms with van der Waals surface area (Å²) in [5, 5.41) is 15.2. The number of halogens is 3. The van der Waals surface area contributed by atoms with E-state index in [4.69, 9.17) is 15.6 Å². The van der Waals surface area contributed by atoms with E-state index in [0.29, 0.717) is 6.54 Å². The van der Waals surface area contributed by atoms with E-state index in [1.165, 1.54) is 5.56 Å². The molecule has 0 spiro atoms. The Morgan fingerprint density at radius 2 is 1.79 bits per heavy atom. The van der Waals surface area contributed by atoms with E-state index in [1.54, 1.807) is 6.20 Å². The Bertz CT molecular complexity index is 1120. The number of aliphatic carboxylic acids is 1. The molecule has 1 saturated heterocycles. The molecule has 0 radical (unpaired) electrons. The maximum Gasteiger partial charge on any atom is 0.490 e. The number of aromatic nitrogens is 2. The van der Waals surface area contributed by atoms with Gasteiger partial charge in [-0.3, -0.25) is 9.89 Å². The van der Waals surface area contributed by atoms with Crippen molar-refractivity contribution in [1.29, 1.82) is 0 Å². The lowest BCUT2D eigenvalue weighted by atomic mass is 9.73. The minimum Gasteiger partial charge on any atom is -0.475 e. The van der Waals surface area contributed by atoms with Crippen LogP contribution in [0.25, 0.3) is 10.9 Å². The first kappa shape index (κ1) is 24.2. The van der Waals surface area contributed by atoms with Gasteiger partial charge in [0.1, 0.15) is 0 Å². The number of aryl methyl sites for hydroxylation is 1. The molecule has 7 nitrogen and oxygen atoms in total. The number of aromatic amines is 1. The molecule has 0 bridgehead atoms. The van der Waals surface area contributed by atoms with E-state index >= 15 is 0 Å². The number of nitrogens with two attached hydrogens (primary N) is 1. The summed E-state index contributed by atoms with van der Waals surface area (Å²) in [6.07, 6.45) is -1.51. The number of carbonyl (C=O) groups is 2. The summed E-state index contributed by atoms with van der Waals surface area (Å²) in [6.45, 7) is 4.05. The number of hydrogen-bond acceptors (Lipinski definition) is 4. The van der Waals surface area contributed by atoms with Gasteiger partial charge in [-0.25, -0.2) is 4.79 Å². The van der Waals surface area contributed by atoms with Gasteiger partial charge in [0.2, 0.25) is 0 Å². The second kappa shape index (κ2) is 9.62. The van der Waals surface area contributed by atoms with Gasteiger partial charge in [-0.2, -0.15) is 18.3 Å². The van der Waals surface area contributed by atoms with Gasteiger partial charge in [0.25, 0.3) is 5.91 Å². The molecule has 0 aliphatic carbocycles. The van der Waals surface area contributed by atoms with Gasteiger partial charge in [-0.15, -0.1) is 0 Å². The molecule has 1 amide bonds. The third-order valence-electron chi connectivity index (χ3n) is 6.04. The molecule has 3 aromatic rings. The number of fused-ring (bicyclic) bond motifs is 1. The van der Waals surface area contributed by atoms with E-state index in [2.05, 4.69) is 34.5 Å². The third-order valence-corrected chi connectivity index (χ3v) is 6.04. The van der Waals surface area contributed by atoms with Gasteiger partial charge in [-0.05, 0) is 43.0 Å². The fraction of sp³-hybridized carbons (Fsp3) is 0.348. The summed E-state index contributed by atoms with van der Waals surface area (Å²) in [7, 11) is 0. The first-order valence-corrected chi connectivity index (χ1v) is 10.4. The summed E-state index contributed by atoms with van der Waals surface area (Å²) < 4.78 is 31.7. The maximum absolute atomic E-state index is 13.1. The third kappa shape index (κ3) is 5.33. The van der Waals surface area contributed by atoms with Crippen LogP contribution in [0.1, 0.15) is 34.3 Å². The number of alkyl halides is 3. The minimum atomic E-state index is -5.08. The van der Waals surface area contributed by atoms with Crippen molar-refractivity contribution in [3.8, 4) is 0 Å². The number of rotatable bonds is 3. The average molecular weight is 462 g/mol. The summed E-state index contributed by atoms with van der Waals surface area (Å²) in [5.74, 6) is -2.66. The highest BCUT2D eigenvalue weighted by atomic mass is 19.4. The lowest BCUT2D eigenvalue weighted by Crippen LogP contribution is -2.48. The predicted octanol–water partition coefficient (Wildman–Crippen LogP) is 3.64. The highest BCUT2D eigenvalue weighted by molar-refractivity contribution is 5.99. The molecule has 1 fully saturated rings. The summed E-state index contributed by atoms with van der Waals surface area (Å²) in [6, 6.07) is 14.4. The number of nitrogens with one attached hydrogen (secondary N) is 1. The van der Waals surface area contributed by atoms with Crippen LogP contribution in [0.3, 0.4) is 0 Å². The molecule has 0 atom stereocenters. The van der Waals surface area contributed by atoms with Crippen LogP contribution in [0.4, 0.5) is 13.2 Å². The van der Waals surface area contributed by atoms with Gasteiger partial charge >= 0.3 is 12.1 Å². The number of carboxylic acid groups (broad SMARTS) is 1. The number of carbonyl (C=O) groups excluding carboxylic acids is 1. The first-order chi connectivity index (χ1) is 15.6. The molecule has 0 unspecified atom stereocenters. The molecule has 2 heterocycles. The zero-order valence-electron chi connectivity index (χ0n) is 18.0. The number of benzene rings is 2. The van der Waals surface area contributed by atoms with Crippen LogP contribution >= 0.6 is 0 Å². The molecular weight excluding hydrogens is 437 g/mol. The van der Waals surface area contributed by atoms with Crippen molar-refractivity contribution < 1.29 is 27.9 Å². The Hall–Kier alpha value is -3.40. The zero-order chi connectivity index (χ0) is 24.2. The van der Waals surface area contributed by atoms with Crippen LogP contribution < -0.4 is 5.73 Å². The van der Waals surface area contributed by atoms with E-state index in [-0.39, 0.29) is 11.3 Å². The lowest BCUT2D eigenvalue weighted by molar-refractivity contribution is -0.192. The number of hydrogen-bond donors (Lipinski definition) is 3. The molecule has 33 heavy (non-hydrogen) atoms. The van der Waals surface area contributed by atoms with Crippen molar-refractivity contribution in [2.45, 2.75) is 31.4 Å². The molecule has 0 saturated carbocycles. The van der Waals surface area contributed by atoms with E-state index in [9.17, 15) is 18.0 Å². The van der Waals surface area contributed by atoms with Crippen LogP contribution in [0, 0.1) is 6.92 Å². The van der Waals surface area contributed by atoms with Crippen molar-refractivity contribution in [2.75, 3.05) is 19.6 Å². The minimum absolute atomic E-state index is 0.0274. The molecule has 1 aliphatic heterocycles. The second-order valence-corrected chi connectivity index (χ2v) is 8.07. The quantitative estimate of drug-likeness (QED) is 0.550. The highest BCUT2D eigenvalue weighted by Crippen LogP contribution is 2.35. The van der Waals surface area contributed by atoms with E-state index in [0.717, 1.165) is 48.0 Å². The maximum atomic E-state index is 13.1. The summed E-state index contributed by atoms with van der Waals surface area (Å²) >= 11 is 0. The van der Waals surface area contributed by atoms with Crippen LogP contribution in [0.5, 0.6) is 0 Å². The van der Waals surface area contributed by atoms with Gasteiger partial charge in [-0.1, -0.05) is 30.3 Å². The topological polar surface area (TPSA) is 112 Å². The largest absolute Gasteiger partial charge is 0.490 e. The highest BCUT2D eigenvalue weighted by Gasteiger charge is 2.38. The number of likely N-dealkylation sites (tertiary alicyclic amines) is 1. The average Bonchev–Trinajstić information content (AvgIpc) is 3.25. The first-order valence-electron chi connectivity index (χ1n) is 10.4. The van der Waals surface area contributed by atoms with Gasteiger partial charge in [0.05, 0.1) is 11.7 Å². The summed E-state index contributed by atoms with van der Waals surface area (Å²) in [4.78, 5) is 23.9. The number of piperidine rings is 1. The Morgan fingerprint density at radius 1 is 1.18 bits per heavy atom. The fourth-order valence-electron chi connectivity index (χ4n) is 4.05. The van der Waals surface area contributed by atoms with Crippen molar-refractivity contribution in [1.82, 2.24) is 15.1 Å². The van der Waals surface area contributed by atoms with E-state index in [1.807, 2.05) is 30.0 Å². The molecule has 1 aromatic heterocycles. The smallest absolute Gasteiger partial charge is 0.475 e. The molecule has 10 heteroatoms. The number of nitrogens with zero attached hydrogens (tertiary/aromatic N) is 2. The number of amides is 1. The monoisotopic (exact) mass is 462 g/mol. The van der Waals surface area contributed by atoms with Crippen LogP contribution in [0.15, 0.2) is 48.7 Å². The second-order valence-electron chi connectivity index (χ2n) is 8.07. The van der Waals surface area contributed by atoms with Gasteiger partial charge in [0, 0.05) is 36.0 Å². The van der Waals surface area contributed by atoms with Crippen LogP contribution in [-0.4, -0.2) is 57.9 Å². The molecule has 4 rings (SSSR count). The lowest BCUT2D eigenvalue weighted by Gasteiger charge is -2.41. The Kier molecular flexibility index (Phi) is 7.06. The number of carboxylic acids is 1. The van der Waals surface area contributed by atoms with Crippen molar-refractivity contribution in [3.05, 3.63) is 65.4 Å². The van der Waals surface area contributed by atoms with Gasteiger partial charge < -0.3 is 15.7 Å². The molecule has 4 N–H and O–H groups in total. The van der Waals surface area contributed by atoms with Crippen molar-refractivity contribution >= 4 is 22.8 Å². The normalized spacial score (nSPS) is 15.6. The number of H-pyrrole nitrogens is 1. The molecule has 176 valence electrons. The standard InChI is InChI=1S/C21H24N4O.C2HF3O2/c1-15-11-16-13-23-24-19(16)12-18(15)20(26)25-9-7-21(14-22,8-10-25)17-5-3-2-4-6-17;3-2(4,5)1(6)7/h2-6,11-13H,7-10,14,22H2,1H3,(H,23,24);(H,6,7). The Labute approximate surface area is 188 Å². The Balaban J connectivity index is 0.000000383. The molecular formula is C23H25F3N4O3. The van der Waals surface area contributed by atoms with Crippen LogP contribution in [-0.2, 0) is 10.2 Å². The zero-order valence-corrected chi connectivity index (χ0v) is 18.0. The summed E-state index contributed by atoms with van der Waals surface area (Å²) in [5.41, 5.74) is 10.1. The SMILES string of the molecule is Cc1cc2cn[nH]c2cc1C(=O)N1CCC(CN)(c2ccccc2)CC1.O=C(O)C(F)(F)F. The Morgan fingerprint density at radius 3 is 2.33 bits per heavy atom.